The second-order valence-corrected chi connectivity index (χ2v) is 10.8. The first-order valence-corrected chi connectivity index (χ1v) is 11.2. The molecule has 2 rings (SSSR count). The van der Waals surface area contributed by atoms with E-state index >= 15 is 0 Å². The molecule has 0 bridgehead atoms. The number of amides is 2. The molecule has 0 aromatic rings. The molecule has 0 aliphatic carbocycles. The molecule has 11 nitrogen and oxygen atoms in total. The second-order valence-electron chi connectivity index (χ2n) is 8.39. The Morgan fingerprint density at radius 2 is 1.77 bits per heavy atom. The highest BCUT2D eigenvalue weighted by molar-refractivity contribution is 7.93. The molecule has 0 aromatic carbocycles. The molecule has 174 valence electrons. The van der Waals surface area contributed by atoms with Crippen LogP contribution in [0.1, 0.15) is 34.6 Å². The number of hydrogen-bond acceptors (Lipinski definition) is 9. The Bertz CT molecular complexity index is 933. The van der Waals surface area contributed by atoms with Crippen molar-refractivity contribution in [3.8, 4) is 0 Å². The molecule has 0 N–H and O–H groups in total. The minimum absolute atomic E-state index is 0.0459. The van der Waals surface area contributed by atoms with Crippen LogP contribution in [0.3, 0.4) is 0 Å². The van der Waals surface area contributed by atoms with Gasteiger partial charge in [0.05, 0.1) is 5.25 Å². The van der Waals surface area contributed by atoms with Crippen LogP contribution in [0.15, 0.2) is 11.3 Å². The van der Waals surface area contributed by atoms with Gasteiger partial charge in [0.15, 0.2) is 21.3 Å². The number of β-lactam (4-membered cyclic amide) rings is 1. The summed E-state index contributed by atoms with van der Waals surface area (Å²) in [5.41, 5.74) is -1.05. The monoisotopic (exact) mass is 460 g/mol. The van der Waals surface area contributed by atoms with Crippen molar-refractivity contribution in [2.45, 2.75) is 56.9 Å². The number of sulfone groups is 1. The lowest BCUT2D eigenvalue weighted by molar-refractivity contribution is -0.163. The van der Waals surface area contributed by atoms with Gasteiger partial charge in [0.1, 0.15) is 24.4 Å². The summed E-state index contributed by atoms with van der Waals surface area (Å²) >= 11 is 0. The van der Waals surface area contributed by atoms with Crippen molar-refractivity contribution in [3.05, 3.63) is 11.3 Å². The van der Waals surface area contributed by atoms with Crippen LogP contribution in [-0.4, -0.2) is 91.6 Å². The Kier molecular flexibility index (Phi) is 6.86. The highest BCUT2D eigenvalue weighted by Crippen LogP contribution is 2.41. The fourth-order valence-corrected chi connectivity index (χ4v) is 5.46. The minimum Gasteiger partial charge on any atom is -0.461 e. The zero-order valence-corrected chi connectivity index (χ0v) is 19.4. The Labute approximate surface area is 181 Å². The molecular weight excluding hydrogens is 432 g/mol. The molecule has 2 heterocycles. The van der Waals surface area contributed by atoms with Gasteiger partial charge in [0.2, 0.25) is 0 Å². The number of rotatable bonds is 6. The number of hydrogen-bond donors (Lipinski definition) is 0. The lowest BCUT2D eigenvalue weighted by Crippen LogP contribution is -2.72. The van der Waals surface area contributed by atoms with Gasteiger partial charge in [0, 0.05) is 26.7 Å². The minimum atomic E-state index is -3.96. The van der Waals surface area contributed by atoms with Crippen molar-refractivity contribution < 1.29 is 41.8 Å². The zero-order valence-electron chi connectivity index (χ0n) is 18.6. The summed E-state index contributed by atoms with van der Waals surface area (Å²) in [6, 6.07) is 0. The maximum Gasteiger partial charge on any atom is 0.326 e. The van der Waals surface area contributed by atoms with Gasteiger partial charge in [-0.2, -0.15) is 0 Å². The van der Waals surface area contributed by atoms with E-state index in [-0.39, 0.29) is 11.3 Å². The van der Waals surface area contributed by atoms with Gasteiger partial charge in [-0.15, -0.1) is 0 Å². The van der Waals surface area contributed by atoms with Crippen LogP contribution < -0.4 is 0 Å². The quantitative estimate of drug-likeness (QED) is 0.383. The Morgan fingerprint density at radius 1 is 1.19 bits per heavy atom. The number of methoxy groups -OCH3 is 1. The van der Waals surface area contributed by atoms with E-state index in [1.54, 1.807) is 20.8 Å². The lowest BCUT2D eigenvalue weighted by Gasteiger charge is -2.50. The number of esters is 2. The number of ether oxygens (including phenoxy) is 3. The van der Waals surface area contributed by atoms with Crippen molar-refractivity contribution in [3.63, 3.8) is 0 Å². The van der Waals surface area contributed by atoms with Crippen molar-refractivity contribution in [2.24, 2.45) is 0 Å². The van der Waals surface area contributed by atoms with E-state index in [1.807, 2.05) is 0 Å². The summed E-state index contributed by atoms with van der Waals surface area (Å²) in [7, 11) is -1.44. The Morgan fingerprint density at radius 3 is 2.26 bits per heavy atom. The highest BCUT2D eigenvalue weighted by Gasteiger charge is 2.62. The number of fused-ring (bicyclic) bond motifs is 1. The molecule has 0 radical (unpaired) electrons. The summed E-state index contributed by atoms with van der Waals surface area (Å²) in [4.78, 5) is 51.1. The highest BCUT2D eigenvalue weighted by atomic mass is 32.2. The third-order valence-corrected chi connectivity index (χ3v) is 7.28. The molecule has 12 heteroatoms. The number of likely N-dealkylation sites (N-methyl/N-ethyl adjacent to an activating group) is 1. The first-order valence-electron chi connectivity index (χ1n) is 9.55. The molecule has 2 aliphatic rings. The number of carbonyl (C=O) groups is 4. The summed E-state index contributed by atoms with van der Waals surface area (Å²) in [6.45, 7) is 6.59. The van der Waals surface area contributed by atoms with Crippen molar-refractivity contribution >= 4 is 33.6 Å². The first-order chi connectivity index (χ1) is 14.1. The third kappa shape index (κ3) is 4.74. The number of nitrogens with zero attached hydrogens (tertiary/aromatic N) is 2. The van der Waals surface area contributed by atoms with E-state index in [9.17, 15) is 27.6 Å². The summed E-state index contributed by atoms with van der Waals surface area (Å²) in [6.07, 6.45) is -1.25. The van der Waals surface area contributed by atoms with E-state index in [4.69, 9.17) is 14.2 Å². The van der Waals surface area contributed by atoms with E-state index in [1.165, 1.54) is 21.1 Å². The summed E-state index contributed by atoms with van der Waals surface area (Å²) in [5.74, 6) is -2.85. The van der Waals surface area contributed by atoms with Gasteiger partial charge >= 0.3 is 11.9 Å². The topological polar surface area (TPSA) is 137 Å². The van der Waals surface area contributed by atoms with Gasteiger partial charge in [-0.05, 0) is 27.7 Å². The van der Waals surface area contributed by atoms with Crippen molar-refractivity contribution in [1.29, 1.82) is 0 Å². The second kappa shape index (κ2) is 8.58. The van der Waals surface area contributed by atoms with Gasteiger partial charge < -0.3 is 19.1 Å². The standard InChI is InChI=1S/C19H28N2O9S/c1-10-12(9-29-11(2)22)14(16(24)20(6)8-13(23)30-19(3,4)5)21-17(25)15(28-7)18(21)31(10,26)27/h10,15,18H,8-9H2,1-7H3/t10?,15-,18+/m0/s1. The van der Waals surface area contributed by atoms with Gasteiger partial charge in [0.25, 0.3) is 11.8 Å². The molecule has 31 heavy (non-hydrogen) atoms. The average molecular weight is 461 g/mol. The van der Waals surface area contributed by atoms with E-state index in [0.29, 0.717) is 0 Å². The molecule has 1 fully saturated rings. The van der Waals surface area contributed by atoms with Gasteiger partial charge in [-0.1, -0.05) is 0 Å². The maximum absolute atomic E-state index is 13.2. The van der Waals surface area contributed by atoms with E-state index in [0.717, 1.165) is 16.7 Å². The molecule has 0 saturated carbocycles. The number of carbonyl (C=O) groups excluding carboxylic acids is 4. The molecule has 2 amide bonds. The SMILES string of the molecule is CO[C@H]1C(=O)N2C(C(=O)N(C)CC(=O)OC(C)(C)C)=C(COC(C)=O)C(C)S(=O)(=O)[C@H]12. The molecule has 1 unspecified atom stereocenters. The average Bonchev–Trinajstić information content (AvgIpc) is 2.61. The fourth-order valence-electron chi connectivity index (χ4n) is 3.39. The fraction of sp³-hybridized carbons (Fsp3) is 0.684. The maximum atomic E-state index is 13.2. The van der Waals surface area contributed by atoms with Crippen LogP contribution in [0.2, 0.25) is 0 Å². The van der Waals surface area contributed by atoms with E-state index < -0.39 is 69.1 Å². The molecule has 2 aliphatic heterocycles. The van der Waals surface area contributed by atoms with Crippen molar-refractivity contribution in [2.75, 3.05) is 27.3 Å². The summed E-state index contributed by atoms with van der Waals surface area (Å²) in [5, 5.41) is -2.59. The third-order valence-electron chi connectivity index (χ3n) is 4.88. The predicted octanol–water partition coefficient (Wildman–Crippen LogP) is -0.396. The Hall–Kier alpha value is -2.47. The normalized spacial score (nSPS) is 24.8. The lowest BCUT2D eigenvalue weighted by atomic mass is 10.0. The van der Waals surface area contributed by atoms with Crippen LogP contribution in [0.5, 0.6) is 0 Å². The molecule has 0 spiro atoms. The van der Waals surface area contributed by atoms with Gasteiger partial charge in [-0.25, -0.2) is 8.42 Å². The molecule has 0 aromatic heterocycles. The van der Waals surface area contributed by atoms with Crippen LogP contribution in [0.25, 0.3) is 0 Å². The zero-order chi connectivity index (χ0) is 23.9. The van der Waals surface area contributed by atoms with Crippen molar-refractivity contribution in [1.82, 2.24) is 9.80 Å². The summed E-state index contributed by atoms with van der Waals surface area (Å²) < 4.78 is 41.1. The van der Waals surface area contributed by atoms with Crippen LogP contribution in [0, 0.1) is 0 Å². The smallest absolute Gasteiger partial charge is 0.326 e. The van der Waals surface area contributed by atoms with Crippen LogP contribution >= 0.6 is 0 Å². The molecular formula is C19H28N2O9S. The largest absolute Gasteiger partial charge is 0.461 e. The Balaban J connectivity index is 2.47. The van der Waals surface area contributed by atoms with Crippen LogP contribution in [-0.2, 0) is 43.2 Å². The molecule has 1 saturated heterocycles. The van der Waals surface area contributed by atoms with Gasteiger partial charge in [-0.3, -0.25) is 24.1 Å². The molecule has 3 atom stereocenters. The van der Waals surface area contributed by atoms with Crippen LogP contribution in [0.4, 0.5) is 0 Å². The predicted molar refractivity (Wildman–Crippen MR) is 107 cm³/mol. The van der Waals surface area contributed by atoms with E-state index in [2.05, 4.69) is 0 Å². The first kappa shape index (κ1) is 24.8.